The monoisotopic (exact) mass is 300 g/mol. The van der Waals surface area contributed by atoms with E-state index in [4.69, 9.17) is 0 Å². The van der Waals surface area contributed by atoms with E-state index in [0.717, 1.165) is 23.7 Å². The van der Waals surface area contributed by atoms with Crippen LogP contribution in [-0.2, 0) is 9.84 Å². The summed E-state index contributed by atoms with van der Waals surface area (Å²) in [5.41, 5.74) is 1.02. The van der Waals surface area contributed by atoms with E-state index in [1.807, 2.05) is 18.9 Å². The van der Waals surface area contributed by atoms with Crippen LogP contribution >= 0.6 is 0 Å². The number of nitrogens with zero attached hydrogens (tertiary/aromatic N) is 3. The fourth-order valence-corrected chi connectivity index (χ4v) is 2.54. The molecule has 0 aromatic carbocycles. The number of rotatable bonds is 7. The van der Waals surface area contributed by atoms with Crippen LogP contribution in [-0.4, -0.2) is 50.5 Å². The normalized spacial score (nSPS) is 11.7. The SMILES string of the molecule is CCNc1ncnc(N(C)CCS(C)(=O)=O)c1C(C)C. The largest absolute Gasteiger partial charge is 0.370 e. The number of nitrogens with one attached hydrogen (secondary N) is 1. The maximum Gasteiger partial charge on any atom is 0.149 e. The van der Waals surface area contributed by atoms with E-state index in [2.05, 4.69) is 29.1 Å². The Morgan fingerprint density at radius 3 is 2.50 bits per heavy atom. The predicted molar refractivity (Wildman–Crippen MR) is 83.3 cm³/mol. The molecule has 1 heterocycles. The van der Waals surface area contributed by atoms with Crippen LogP contribution in [0.1, 0.15) is 32.3 Å². The maximum atomic E-state index is 11.3. The Kier molecular flexibility index (Phi) is 5.74. The van der Waals surface area contributed by atoms with Crippen LogP contribution in [0.3, 0.4) is 0 Å². The van der Waals surface area contributed by atoms with Crippen LogP contribution in [0.15, 0.2) is 6.33 Å². The van der Waals surface area contributed by atoms with Crippen molar-refractivity contribution >= 4 is 21.5 Å². The minimum atomic E-state index is -2.98. The molecule has 7 heteroatoms. The van der Waals surface area contributed by atoms with E-state index in [9.17, 15) is 8.42 Å². The van der Waals surface area contributed by atoms with Gasteiger partial charge in [-0.05, 0) is 12.8 Å². The molecule has 0 amide bonds. The van der Waals surface area contributed by atoms with Gasteiger partial charge in [0, 0.05) is 32.0 Å². The van der Waals surface area contributed by atoms with Gasteiger partial charge in [0.25, 0.3) is 0 Å². The van der Waals surface area contributed by atoms with E-state index in [-0.39, 0.29) is 11.7 Å². The van der Waals surface area contributed by atoms with Gasteiger partial charge in [0.2, 0.25) is 0 Å². The molecule has 1 aromatic heterocycles. The zero-order chi connectivity index (χ0) is 15.3. The van der Waals surface area contributed by atoms with Gasteiger partial charge in [-0.1, -0.05) is 13.8 Å². The predicted octanol–water partition coefficient (Wildman–Crippen LogP) is 1.51. The summed E-state index contributed by atoms with van der Waals surface area (Å²) in [6.07, 6.45) is 2.75. The smallest absolute Gasteiger partial charge is 0.149 e. The van der Waals surface area contributed by atoms with Gasteiger partial charge in [0.05, 0.1) is 5.75 Å². The van der Waals surface area contributed by atoms with Gasteiger partial charge < -0.3 is 10.2 Å². The summed E-state index contributed by atoms with van der Waals surface area (Å²) in [6, 6.07) is 0. The maximum absolute atomic E-state index is 11.3. The molecule has 0 aliphatic rings. The van der Waals surface area contributed by atoms with Gasteiger partial charge in [0.1, 0.15) is 27.8 Å². The number of aromatic nitrogens is 2. The molecule has 1 aromatic rings. The lowest BCUT2D eigenvalue weighted by atomic mass is 10.0. The van der Waals surface area contributed by atoms with E-state index in [0.29, 0.717) is 6.54 Å². The van der Waals surface area contributed by atoms with Crippen molar-refractivity contribution in [1.29, 1.82) is 0 Å². The quantitative estimate of drug-likeness (QED) is 0.823. The van der Waals surface area contributed by atoms with Crippen LogP contribution in [0.2, 0.25) is 0 Å². The Morgan fingerprint density at radius 1 is 1.35 bits per heavy atom. The highest BCUT2D eigenvalue weighted by Crippen LogP contribution is 2.30. The van der Waals surface area contributed by atoms with Crippen LogP contribution in [0, 0.1) is 0 Å². The van der Waals surface area contributed by atoms with Crippen molar-refractivity contribution in [2.75, 3.05) is 42.4 Å². The van der Waals surface area contributed by atoms with Crippen molar-refractivity contribution in [2.45, 2.75) is 26.7 Å². The molecule has 0 atom stereocenters. The third kappa shape index (κ3) is 4.63. The lowest BCUT2D eigenvalue weighted by molar-refractivity contribution is 0.601. The van der Waals surface area contributed by atoms with Crippen molar-refractivity contribution in [3.05, 3.63) is 11.9 Å². The first-order chi connectivity index (χ1) is 9.26. The second kappa shape index (κ2) is 6.88. The number of anilines is 2. The first kappa shape index (κ1) is 16.7. The van der Waals surface area contributed by atoms with Gasteiger partial charge in [-0.3, -0.25) is 0 Å². The van der Waals surface area contributed by atoms with Crippen molar-refractivity contribution in [3.63, 3.8) is 0 Å². The highest BCUT2D eigenvalue weighted by Gasteiger charge is 2.18. The zero-order valence-electron chi connectivity index (χ0n) is 12.8. The molecule has 0 radical (unpaired) electrons. The standard InChI is InChI=1S/C13H24N4O2S/c1-6-14-12-11(10(2)3)13(16-9-15-12)17(4)7-8-20(5,18)19/h9-10H,6-8H2,1-5H3,(H,14,15,16). The third-order valence-corrected chi connectivity index (χ3v) is 3.87. The van der Waals surface area contributed by atoms with E-state index < -0.39 is 9.84 Å². The van der Waals surface area contributed by atoms with Crippen molar-refractivity contribution in [1.82, 2.24) is 9.97 Å². The molecule has 0 saturated heterocycles. The zero-order valence-corrected chi connectivity index (χ0v) is 13.7. The summed E-state index contributed by atoms with van der Waals surface area (Å²) in [5.74, 6) is 1.97. The van der Waals surface area contributed by atoms with Crippen molar-refractivity contribution < 1.29 is 8.42 Å². The molecule has 114 valence electrons. The first-order valence-electron chi connectivity index (χ1n) is 6.73. The van der Waals surface area contributed by atoms with Crippen LogP contribution in [0.4, 0.5) is 11.6 Å². The summed E-state index contributed by atoms with van der Waals surface area (Å²) in [5, 5.41) is 3.23. The summed E-state index contributed by atoms with van der Waals surface area (Å²) in [7, 11) is -1.13. The minimum Gasteiger partial charge on any atom is -0.370 e. The molecule has 0 bridgehead atoms. The van der Waals surface area contributed by atoms with Crippen LogP contribution in [0.25, 0.3) is 0 Å². The van der Waals surface area contributed by atoms with E-state index in [1.165, 1.54) is 12.6 Å². The highest BCUT2D eigenvalue weighted by atomic mass is 32.2. The van der Waals surface area contributed by atoms with Gasteiger partial charge in [0.15, 0.2) is 0 Å². The molecule has 20 heavy (non-hydrogen) atoms. The van der Waals surface area contributed by atoms with Gasteiger partial charge in [-0.25, -0.2) is 18.4 Å². The van der Waals surface area contributed by atoms with Gasteiger partial charge in [-0.2, -0.15) is 0 Å². The Hall–Kier alpha value is -1.37. The number of hydrogen-bond acceptors (Lipinski definition) is 6. The fourth-order valence-electron chi connectivity index (χ4n) is 1.94. The molecule has 1 N–H and O–H groups in total. The average Bonchev–Trinajstić information content (AvgIpc) is 2.35. The summed E-state index contributed by atoms with van der Waals surface area (Å²) >= 11 is 0. The summed E-state index contributed by atoms with van der Waals surface area (Å²) in [4.78, 5) is 10.5. The Labute approximate surface area is 121 Å². The molecule has 0 unspecified atom stereocenters. The lowest BCUT2D eigenvalue weighted by Crippen LogP contribution is -2.27. The molecule has 1 rings (SSSR count). The minimum absolute atomic E-state index is 0.113. The summed E-state index contributed by atoms with van der Waals surface area (Å²) in [6.45, 7) is 7.37. The molecule has 0 saturated carbocycles. The third-order valence-electron chi connectivity index (χ3n) is 2.94. The average molecular weight is 300 g/mol. The molecule has 0 spiro atoms. The lowest BCUT2D eigenvalue weighted by Gasteiger charge is -2.24. The Balaban J connectivity index is 3.07. The first-order valence-corrected chi connectivity index (χ1v) is 8.80. The molecular formula is C13H24N4O2S. The molecule has 0 aliphatic carbocycles. The topological polar surface area (TPSA) is 75.2 Å². The number of sulfone groups is 1. The summed E-state index contributed by atoms with van der Waals surface area (Å²) < 4.78 is 22.6. The van der Waals surface area contributed by atoms with E-state index in [1.54, 1.807) is 0 Å². The second-order valence-corrected chi connectivity index (χ2v) is 7.46. The Morgan fingerprint density at radius 2 is 2.00 bits per heavy atom. The Bertz CT molecular complexity index is 543. The fraction of sp³-hybridized carbons (Fsp3) is 0.692. The van der Waals surface area contributed by atoms with Crippen LogP contribution < -0.4 is 10.2 Å². The van der Waals surface area contributed by atoms with Gasteiger partial charge in [-0.15, -0.1) is 0 Å². The van der Waals surface area contributed by atoms with Crippen LogP contribution in [0.5, 0.6) is 0 Å². The van der Waals surface area contributed by atoms with Crippen molar-refractivity contribution in [3.8, 4) is 0 Å². The van der Waals surface area contributed by atoms with Crippen molar-refractivity contribution in [2.24, 2.45) is 0 Å². The molecule has 0 aliphatic heterocycles. The highest BCUT2D eigenvalue weighted by molar-refractivity contribution is 7.90. The number of hydrogen-bond donors (Lipinski definition) is 1. The van der Waals surface area contributed by atoms with E-state index >= 15 is 0 Å². The second-order valence-electron chi connectivity index (χ2n) is 5.20. The van der Waals surface area contributed by atoms with Gasteiger partial charge >= 0.3 is 0 Å². The molecule has 0 fully saturated rings. The molecular weight excluding hydrogens is 276 g/mol. The molecule has 6 nitrogen and oxygen atoms in total.